The number of H-pyrrole nitrogens is 1. The Labute approximate surface area is 198 Å². The molecular weight excluding hydrogens is 458 g/mol. The zero-order chi connectivity index (χ0) is 23.1. The Bertz CT molecular complexity index is 1390. The normalized spacial score (nSPS) is 15.8. The molecule has 8 nitrogen and oxygen atoms in total. The molecule has 1 amide bonds. The predicted octanol–water partition coefficient (Wildman–Crippen LogP) is 3.67. The van der Waals surface area contributed by atoms with Gasteiger partial charge >= 0.3 is 4.87 Å². The molecule has 1 aromatic carbocycles. The number of aromatic nitrogens is 3. The zero-order valence-electron chi connectivity index (χ0n) is 18.4. The van der Waals surface area contributed by atoms with Gasteiger partial charge in [-0.15, -0.1) is 11.3 Å². The third-order valence-corrected chi connectivity index (χ3v) is 8.13. The van der Waals surface area contributed by atoms with Crippen molar-refractivity contribution in [3.63, 3.8) is 0 Å². The van der Waals surface area contributed by atoms with Crippen molar-refractivity contribution in [2.45, 2.75) is 39.2 Å². The summed E-state index contributed by atoms with van der Waals surface area (Å²) in [6, 6.07) is 5.82. The number of aromatic amines is 1. The van der Waals surface area contributed by atoms with Crippen LogP contribution in [0.3, 0.4) is 0 Å². The lowest BCUT2D eigenvalue weighted by Gasteiger charge is -2.31. The Kier molecular flexibility index (Phi) is 5.90. The number of anilines is 2. The van der Waals surface area contributed by atoms with Gasteiger partial charge in [-0.3, -0.25) is 9.59 Å². The molecule has 0 saturated heterocycles. The number of carbonyl (C=O) groups is 1. The van der Waals surface area contributed by atoms with E-state index in [1.165, 1.54) is 21.8 Å². The largest absolute Gasteiger partial charge is 0.395 e. The summed E-state index contributed by atoms with van der Waals surface area (Å²) in [5.74, 6) is 0.779. The molecule has 33 heavy (non-hydrogen) atoms. The average Bonchev–Trinajstić information content (AvgIpc) is 3.35. The quantitative estimate of drug-likeness (QED) is 0.386. The van der Waals surface area contributed by atoms with E-state index in [0.29, 0.717) is 13.0 Å². The fraction of sp³-hybridized carbons (Fsp3) is 0.391. The third-order valence-electron chi connectivity index (χ3n) is 6.13. The highest BCUT2D eigenvalue weighted by atomic mass is 32.1. The van der Waals surface area contributed by atoms with Crippen LogP contribution in [-0.2, 0) is 17.6 Å². The third kappa shape index (κ3) is 4.14. The molecule has 3 heterocycles. The maximum atomic E-state index is 13.1. The standard InChI is InChI=1S/C23H25N5O3S2/c1-12(2)28(7-8-29)22(30)13-3-5-15-17(9-13)32-21-19(15)20(24-11-25-21)26-14-4-6-16-18(10-14)33-23(31)27-16/h4,6,10-13,29H,3,5,7-9H2,1-2H3,(H,27,31)(H,24,25,26)/t13-/m1/s1. The second kappa shape index (κ2) is 8.85. The van der Waals surface area contributed by atoms with E-state index in [1.807, 2.05) is 32.0 Å². The number of thiophene rings is 1. The number of fused-ring (bicyclic) bond motifs is 4. The van der Waals surface area contributed by atoms with E-state index in [-0.39, 0.29) is 29.3 Å². The number of amides is 1. The lowest BCUT2D eigenvalue weighted by atomic mass is 9.86. The van der Waals surface area contributed by atoms with Crippen molar-refractivity contribution in [3.05, 3.63) is 44.6 Å². The van der Waals surface area contributed by atoms with Gasteiger partial charge in [0.15, 0.2) is 0 Å². The summed E-state index contributed by atoms with van der Waals surface area (Å²) in [6.45, 7) is 4.31. The number of aryl methyl sites for hydroxylation is 1. The van der Waals surface area contributed by atoms with E-state index < -0.39 is 0 Å². The number of hydrogen-bond acceptors (Lipinski definition) is 8. The van der Waals surface area contributed by atoms with Gasteiger partial charge in [-0.25, -0.2) is 9.97 Å². The Hall–Kier alpha value is -2.82. The van der Waals surface area contributed by atoms with E-state index >= 15 is 0 Å². The molecule has 0 spiro atoms. The zero-order valence-corrected chi connectivity index (χ0v) is 20.1. The van der Waals surface area contributed by atoms with Gasteiger partial charge in [0, 0.05) is 29.1 Å². The molecule has 172 valence electrons. The summed E-state index contributed by atoms with van der Waals surface area (Å²) < 4.78 is 0.890. The fourth-order valence-corrected chi connectivity index (χ4v) is 6.58. The first-order valence-corrected chi connectivity index (χ1v) is 12.6. The number of hydrogen-bond donors (Lipinski definition) is 3. The van der Waals surface area contributed by atoms with Crippen LogP contribution >= 0.6 is 22.7 Å². The molecule has 10 heteroatoms. The Balaban J connectivity index is 1.44. The Morgan fingerprint density at radius 2 is 2.18 bits per heavy atom. The van der Waals surface area contributed by atoms with Gasteiger partial charge in [0.1, 0.15) is 17.0 Å². The summed E-state index contributed by atoms with van der Waals surface area (Å²) in [7, 11) is 0. The summed E-state index contributed by atoms with van der Waals surface area (Å²) in [6.07, 6.45) is 3.80. The molecular formula is C23H25N5O3S2. The summed E-state index contributed by atoms with van der Waals surface area (Å²) in [5.41, 5.74) is 2.90. The first-order valence-electron chi connectivity index (χ1n) is 11.0. The van der Waals surface area contributed by atoms with Crippen LogP contribution in [0.1, 0.15) is 30.7 Å². The molecule has 0 unspecified atom stereocenters. The van der Waals surface area contributed by atoms with Gasteiger partial charge in [-0.2, -0.15) is 0 Å². The SMILES string of the molecule is CC(C)N(CCO)C(=O)[C@@H]1CCc2c(sc3ncnc(Nc4ccc5[nH]c(=O)sc5c4)c23)C1. The monoisotopic (exact) mass is 483 g/mol. The van der Waals surface area contributed by atoms with Crippen molar-refractivity contribution >= 4 is 60.5 Å². The van der Waals surface area contributed by atoms with Gasteiger partial charge in [0.25, 0.3) is 0 Å². The molecule has 3 N–H and O–H groups in total. The van der Waals surface area contributed by atoms with Crippen molar-refractivity contribution in [1.82, 2.24) is 19.9 Å². The maximum Gasteiger partial charge on any atom is 0.305 e. The predicted molar refractivity (Wildman–Crippen MR) is 133 cm³/mol. The molecule has 1 atom stereocenters. The van der Waals surface area contributed by atoms with Crippen LogP contribution in [0.2, 0.25) is 0 Å². The second-order valence-electron chi connectivity index (χ2n) is 8.55. The van der Waals surface area contributed by atoms with Crippen molar-refractivity contribution < 1.29 is 9.90 Å². The van der Waals surface area contributed by atoms with Crippen molar-refractivity contribution in [2.75, 3.05) is 18.5 Å². The van der Waals surface area contributed by atoms with Crippen LogP contribution < -0.4 is 10.2 Å². The Morgan fingerprint density at radius 3 is 2.97 bits per heavy atom. The fourth-order valence-electron chi connectivity index (χ4n) is 4.54. The smallest absolute Gasteiger partial charge is 0.305 e. The van der Waals surface area contributed by atoms with E-state index in [0.717, 1.165) is 44.8 Å². The van der Waals surface area contributed by atoms with E-state index in [9.17, 15) is 14.7 Å². The molecule has 1 aliphatic rings. The first-order chi connectivity index (χ1) is 15.9. The van der Waals surface area contributed by atoms with Gasteiger partial charge in [-0.05, 0) is 56.9 Å². The first kappa shape index (κ1) is 22.0. The van der Waals surface area contributed by atoms with Gasteiger partial charge < -0.3 is 20.3 Å². The summed E-state index contributed by atoms with van der Waals surface area (Å²) in [4.78, 5) is 40.4. The molecule has 5 rings (SSSR count). The number of carbonyl (C=O) groups excluding carboxylic acids is 1. The van der Waals surface area contributed by atoms with Gasteiger partial charge in [-0.1, -0.05) is 11.3 Å². The van der Waals surface area contributed by atoms with Crippen molar-refractivity contribution in [3.8, 4) is 0 Å². The van der Waals surface area contributed by atoms with Crippen LogP contribution in [-0.4, -0.2) is 50.1 Å². The molecule has 0 saturated carbocycles. The van der Waals surface area contributed by atoms with E-state index in [4.69, 9.17) is 0 Å². The van der Waals surface area contributed by atoms with Crippen LogP contribution in [0, 0.1) is 5.92 Å². The average molecular weight is 484 g/mol. The van der Waals surface area contributed by atoms with Gasteiger partial charge in [0.2, 0.25) is 5.91 Å². The number of thiazole rings is 1. The van der Waals surface area contributed by atoms with Crippen molar-refractivity contribution in [1.29, 1.82) is 0 Å². The second-order valence-corrected chi connectivity index (χ2v) is 10.6. The topological polar surface area (TPSA) is 111 Å². The van der Waals surface area contributed by atoms with Gasteiger partial charge in [0.05, 0.1) is 22.2 Å². The highest BCUT2D eigenvalue weighted by molar-refractivity contribution is 7.19. The highest BCUT2D eigenvalue weighted by Crippen LogP contribution is 2.41. The van der Waals surface area contributed by atoms with Crippen LogP contribution in [0.5, 0.6) is 0 Å². The molecule has 4 aromatic rings. The highest BCUT2D eigenvalue weighted by Gasteiger charge is 2.32. The van der Waals surface area contributed by atoms with Crippen molar-refractivity contribution in [2.24, 2.45) is 5.92 Å². The molecule has 0 radical (unpaired) electrons. The summed E-state index contributed by atoms with van der Waals surface area (Å²) >= 11 is 2.81. The molecule has 0 fully saturated rings. The van der Waals surface area contributed by atoms with Crippen LogP contribution in [0.25, 0.3) is 20.4 Å². The van der Waals surface area contributed by atoms with Crippen LogP contribution in [0.15, 0.2) is 29.3 Å². The number of benzene rings is 1. The Morgan fingerprint density at radius 1 is 1.33 bits per heavy atom. The molecule has 0 bridgehead atoms. The lowest BCUT2D eigenvalue weighted by molar-refractivity contribution is -0.138. The van der Waals surface area contributed by atoms with Crippen LogP contribution in [0.4, 0.5) is 11.5 Å². The molecule has 0 aliphatic heterocycles. The van der Waals surface area contributed by atoms with E-state index in [1.54, 1.807) is 22.6 Å². The lowest BCUT2D eigenvalue weighted by Crippen LogP contribution is -2.43. The number of aliphatic hydroxyl groups excluding tert-OH is 1. The minimum Gasteiger partial charge on any atom is -0.395 e. The number of rotatable bonds is 6. The number of aliphatic hydroxyl groups is 1. The minimum absolute atomic E-state index is 0.0270. The maximum absolute atomic E-state index is 13.1. The molecule has 1 aliphatic carbocycles. The number of nitrogens with zero attached hydrogens (tertiary/aromatic N) is 3. The van der Waals surface area contributed by atoms with E-state index in [2.05, 4.69) is 20.3 Å². The minimum atomic E-state index is -0.0809. The molecule has 3 aromatic heterocycles. The number of nitrogens with one attached hydrogen (secondary N) is 2. The summed E-state index contributed by atoms with van der Waals surface area (Å²) in [5, 5.41) is 13.8.